The molecule has 0 spiro atoms. The fourth-order valence-corrected chi connectivity index (χ4v) is 0.879. The first kappa shape index (κ1) is 8.05. The van der Waals surface area contributed by atoms with Crippen molar-refractivity contribution in [1.82, 2.24) is 4.98 Å². The zero-order valence-corrected chi connectivity index (χ0v) is 7.14. The van der Waals surface area contributed by atoms with Crippen LogP contribution in [0.2, 0.25) is 0 Å². The van der Waals surface area contributed by atoms with Gasteiger partial charge in [-0.25, -0.2) is 0 Å². The molecule has 1 N–H and O–H groups in total. The largest absolute Gasteiger partial charge is 0.364 e. The third-order valence-electron chi connectivity index (χ3n) is 1.58. The van der Waals surface area contributed by atoms with Gasteiger partial charge in [0.05, 0.1) is 0 Å². The molecule has 0 aliphatic heterocycles. The maximum absolute atomic E-state index is 10.9. The van der Waals surface area contributed by atoms with E-state index in [1.807, 2.05) is 0 Å². The number of pyridine rings is 1. The molecule has 0 unspecified atom stereocenters. The van der Waals surface area contributed by atoms with E-state index in [0.717, 1.165) is 5.69 Å². The van der Waals surface area contributed by atoms with Gasteiger partial charge in [-0.1, -0.05) is 20.8 Å². The lowest BCUT2D eigenvalue weighted by molar-refractivity contribution is 0.568. The van der Waals surface area contributed by atoms with E-state index in [4.69, 9.17) is 0 Å². The van der Waals surface area contributed by atoms with Crippen molar-refractivity contribution in [3.8, 4) is 0 Å². The van der Waals surface area contributed by atoms with Crippen LogP contribution in [0.3, 0.4) is 0 Å². The number of rotatable bonds is 0. The van der Waals surface area contributed by atoms with Gasteiger partial charge in [0.1, 0.15) is 0 Å². The van der Waals surface area contributed by atoms with E-state index in [0.29, 0.717) is 0 Å². The van der Waals surface area contributed by atoms with Gasteiger partial charge >= 0.3 is 0 Å². The summed E-state index contributed by atoms with van der Waals surface area (Å²) in [5.74, 6) is 0. The maximum Gasteiger partial charge on any atom is 0.181 e. The Morgan fingerprint density at radius 3 is 2.36 bits per heavy atom. The molecule has 0 aliphatic carbocycles. The van der Waals surface area contributed by atoms with E-state index in [-0.39, 0.29) is 10.8 Å². The van der Waals surface area contributed by atoms with Crippen LogP contribution in [0.5, 0.6) is 0 Å². The van der Waals surface area contributed by atoms with Crippen molar-refractivity contribution in [2.45, 2.75) is 26.2 Å². The molecule has 0 saturated heterocycles. The summed E-state index contributed by atoms with van der Waals surface area (Å²) in [6.45, 7) is 6.20. The summed E-state index contributed by atoms with van der Waals surface area (Å²) in [7, 11) is 0. The molecule has 1 rings (SSSR count). The average molecular weight is 151 g/mol. The molecule has 0 aromatic carbocycles. The summed E-state index contributed by atoms with van der Waals surface area (Å²) in [5.41, 5.74) is 1.07. The Morgan fingerprint density at radius 2 is 2.00 bits per heavy atom. The Hall–Kier alpha value is -1.05. The van der Waals surface area contributed by atoms with Crippen molar-refractivity contribution in [2.75, 3.05) is 0 Å². The second kappa shape index (κ2) is 2.53. The minimum atomic E-state index is 0.0282. The summed E-state index contributed by atoms with van der Waals surface area (Å²) < 4.78 is 0. The zero-order chi connectivity index (χ0) is 8.48. The molecule has 11 heavy (non-hydrogen) atoms. The highest BCUT2D eigenvalue weighted by Gasteiger charge is 2.13. The Morgan fingerprint density at radius 1 is 1.36 bits per heavy atom. The molecule has 0 radical (unpaired) electrons. The van der Waals surface area contributed by atoms with Gasteiger partial charge < -0.3 is 4.98 Å². The molecule has 0 saturated carbocycles. The maximum atomic E-state index is 10.9. The first-order valence-electron chi connectivity index (χ1n) is 3.69. The van der Waals surface area contributed by atoms with Crippen LogP contribution in [0.1, 0.15) is 26.5 Å². The van der Waals surface area contributed by atoms with Crippen LogP contribution < -0.4 is 5.43 Å². The molecule has 0 amide bonds. The highest BCUT2D eigenvalue weighted by atomic mass is 16.1. The fraction of sp³-hybridized carbons (Fsp3) is 0.444. The van der Waals surface area contributed by atoms with Crippen LogP contribution in [0.15, 0.2) is 23.1 Å². The number of aromatic amines is 1. The normalized spacial score (nSPS) is 11.5. The SMILES string of the molecule is CC(C)(C)c1cc(=O)cc[nH]1. The van der Waals surface area contributed by atoms with Crippen LogP contribution in [0, 0.1) is 0 Å². The standard InChI is InChI=1S/C9H13NO/c1-9(2,3)8-6-7(11)4-5-10-8/h4-6H,1-3H3,(H,10,11). The van der Waals surface area contributed by atoms with Crippen LogP contribution in [-0.4, -0.2) is 4.98 Å². The van der Waals surface area contributed by atoms with Crippen molar-refractivity contribution >= 4 is 0 Å². The smallest absolute Gasteiger partial charge is 0.181 e. The van der Waals surface area contributed by atoms with Gasteiger partial charge in [0, 0.05) is 29.4 Å². The first-order valence-corrected chi connectivity index (χ1v) is 3.69. The second-order valence-electron chi connectivity index (χ2n) is 3.69. The van der Waals surface area contributed by atoms with Gasteiger partial charge in [0.25, 0.3) is 0 Å². The molecule has 60 valence electrons. The zero-order valence-electron chi connectivity index (χ0n) is 7.14. The predicted octanol–water partition coefficient (Wildman–Crippen LogP) is 1.67. The molecule has 0 bridgehead atoms. The van der Waals surface area contributed by atoms with Gasteiger partial charge in [0.2, 0.25) is 0 Å². The molecule has 2 nitrogen and oxygen atoms in total. The molecule has 0 aliphatic rings. The number of nitrogens with one attached hydrogen (secondary N) is 1. The van der Waals surface area contributed by atoms with Crippen LogP contribution in [0.4, 0.5) is 0 Å². The summed E-state index contributed by atoms with van der Waals surface area (Å²) in [6.07, 6.45) is 1.68. The van der Waals surface area contributed by atoms with Crippen LogP contribution >= 0.6 is 0 Å². The molecule has 2 heteroatoms. The highest BCUT2D eigenvalue weighted by Crippen LogP contribution is 2.17. The molecule has 1 aromatic rings. The number of hydrogen-bond donors (Lipinski definition) is 1. The van der Waals surface area contributed by atoms with Gasteiger partial charge in [-0.2, -0.15) is 0 Å². The minimum Gasteiger partial charge on any atom is -0.364 e. The lowest BCUT2D eigenvalue weighted by atomic mass is 9.92. The lowest BCUT2D eigenvalue weighted by Gasteiger charge is -2.17. The lowest BCUT2D eigenvalue weighted by Crippen LogP contribution is -2.16. The van der Waals surface area contributed by atoms with Crippen molar-refractivity contribution in [3.63, 3.8) is 0 Å². The van der Waals surface area contributed by atoms with Gasteiger partial charge in [-0.3, -0.25) is 4.79 Å². The Kier molecular flexibility index (Phi) is 1.85. The summed E-state index contributed by atoms with van der Waals surface area (Å²) in [5, 5.41) is 0. The van der Waals surface area contributed by atoms with Crippen molar-refractivity contribution in [3.05, 3.63) is 34.2 Å². The van der Waals surface area contributed by atoms with Crippen LogP contribution in [-0.2, 0) is 5.41 Å². The Labute approximate surface area is 66.3 Å². The Bertz CT molecular complexity index is 293. The first-order chi connectivity index (χ1) is 5.00. The third-order valence-corrected chi connectivity index (χ3v) is 1.58. The topological polar surface area (TPSA) is 32.9 Å². The molecular weight excluding hydrogens is 138 g/mol. The number of H-pyrrole nitrogens is 1. The minimum absolute atomic E-state index is 0.0282. The van der Waals surface area contributed by atoms with E-state index in [2.05, 4.69) is 25.8 Å². The van der Waals surface area contributed by atoms with E-state index >= 15 is 0 Å². The van der Waals surface area contributed by atoms with Crippen molar-refractivity contribution < 1.29 is 0 Å². The number of aromatic nitrogens is 1. The second-order valence-corrected chi connectivity index (χ2v) is 3.69. The molecular formula is C9H13NO. The summed E-state index contributed by atoms with van der Waals surface area (Å²) in [4.78, 5) is 14.0. The molecule has 0 fully saturated rings. The van der Waals surface area contributed by atoms with E-state index in [1.165, 1.54) is 6.07 Å². The molecule has 1 aromatic heterocycles. The Balaban J connectivity index is 3.16. The van der Waals surface area contributed by atoms with Gasteiger partial charge in [-0.15, -0.1) is 0 Å². The monoisotopic (exact) mass is 151 g/mol. The van der Waals surface area contributed by atoms with E-state index in [9.17, 15) is 4.79 Å². The quantitative estimate of drug-likeness (QED) is 0.601. The molecule has 0 atom stereocenters. The third kappa shape index (κ3) is 1.93. The highest BCUT2D eigenvalue weighted by molar-refractivity contribution is 5.12. The van der Waals surface area contributed by atoms with Gasteiger partial charge in [-0.05, 0) is 0 Å². The van der Waals surface area contributed by atoms with Crippen molar-refractivity contribution in [2.24, 2.45) is 0 Å². The summed E-state index contributed by atoms with van der Waals surface area (Å²) >= 11 is 0. The summed E-state index contributed by atoms with van der Waals surface area (Å²) in [6, 6.07) is 3.16. The predicted molar refractivity (Wildman–Crippen MR) is 45.8 cm³/mol. The molecule has 1 heterocycles. The van der Waals surface area contributed by atoms with Gasteiger partial charge in [0.15, 0.2) is 5.43 Å². The fourth-order valence-electron chi connectivity index (χ4n) is 0.879. The average Bonchev–Trinajstić information content (AvgIpc) is 1.86. The van der Waals surface area contributed by atoms with Crippen LogP contribution in [0.25, 0.3) is 0 Å². The van der Waals surface area contributed by atoms with Crippen molar-refractivity contribution in [1.29, 1.82) is 0 Å². The van der Waals surface area contributed by atoms with E-state index in [1.54, 1.807) is 12.3 Å². The number of hydrogen-bond acceptors (Lipinski definition) is 1. The van der Waals surface area contributed by atoms with E-state index < -0.39 is 0 Å².